The summed E-state index contributed by atoms with van der Waals surface area (Å²) >= 11 is 0. The molecule has 8 aromatic carbocycles. The molecule has 0 aliphatic heterocycles. The molecule has 0 saturated carbocycles. The molecule has 0 spiro atoms. The third kappa shape index (κ3) is 5.43. The number of hydrogen-bond donors (Lipinski definition) is 0. The maximum absolute atomic E-state index is 2.40. The van der Waals surface area contributed by atoms with Crippen molar-refractivity contribution in [3.63, 3.8) is 0 Å². The summed E-state index contributed by atoms with van der Waals surface area (Å²) < 4.78 is 0. The third-order valence-electron chi connectivity index (χ3n) is 10.7. The molecular formula is C51H39N. The molecule has 1 aliphatic carbocycles. The Morgan fingerprint density at radius 2 is 0.750 bits per heavy atom. The van der Waals surface area contributed by atoms with Gasteiger partial charge in [0.2, 0.25) is 0 Å². The number of fused-ring (bicyclic) bond motifs is 3. The molecule has 0 fully saturated rings. The van der Waals surface area contributed by atoms with Crippen LogP contribution in [0.2, 0.25) is 0 Å². The minimum Gasteiger partial charge on any atom is -0.310 e. The Bertz CT molecular complexity index is 2510. The summed E-state index contributed by atoms with van der Waals surface area (Å²) in [5.74, 6) is 0. The predicted octanol–water partition coefficient (Wildman–Crippen LogP) is 14.1. The van der Waals surface area contributed by atoms with Crippen LogP contribution in [0.15, 0.2) is 200 Å². The van der Waals surface area contributed by atoms with Gasteiger partial charge in [-0.1, -0.05) is 178 Å². The van der Waals surface area contributed by atoms with E-state index in [-0.39, 0.29) is 5.41 Å². The van der Waals surface area contributed by atoms with Crippen LogP contribution in [0.5, 0.6) is 0 Å². The number of nitrogens with zero attached hydrogens (tertiary/aromatic N) is 1. The van der Waals surface area contributed by atoms with Crippen molar-refractivity contribution in [2.45, 2.75) is 19.3 Å². The fourth-order valence-electron chi connectivity index (χ4n) is 8.16. The molecule has 0 aromatic heterocycles. The summed E-state index contributed by atoms with van der Waals surface area (Å²) in [5, 5.41) is 0. The Kier molecular flexibility index (Phi) is 7.90. The molecule has 8 aromatic rings. The van der Waals surface area contributed by atoms with E-state index >= 15 is 0 Å². The van der Waals surface area contributed by atoms with Crippen LogP contribution in [-0.2, 0) is 5.41 Å². The van der Waals surface area contributed by atoms with Gasteiger partial charge >= 0.3 is 0 Å². The van der Waals surface area contributed by atoms with Gasteiger partial charge < -0.3 is 4.90 Å². The standard InChI is InChI=1S/C51H39N/c1-51(2)48-28-15-14-24-45(48)46-34-33-41(35-49(46)51)52(39-21-10-5-11-22-39)40-31-29-38(30-32-40)44-27-16-26-43(37-19-8-4-9-20-37)50(44)47-25-13-12-23-42(47)36-17-6-3-7-18-36/h3-35H,1-2H3. The van der Waals surface area contributed by atoms with E-state index in [9.17, 15) is 0 Å². The van der Waals surface area contributed by atoms with Crippen LogP contribution >= 0.6 is 0 Å². The van der Waals surface area contributed by atoms with E-state index in [1.165, 1.54) is 66.8 Å². The minimum absolute atomic E-state index is 0.0790. The molecule has 248 valence electrons. The van der Waals surface area contributed by atoms with Crippen LogP contribution in [0.4, 0.5) is 17.1 Å². The molecule has 1 nitrogen and oxygen atoms in total. The molecule has 0 amide bonds. The van der Waals surface area contributed by atoms with E-state index in [1.807, 2.05) is 0 Å². The SMILES string of the molecule is CC1(C)c2ccccc2-c2ccc(N(c3ccccc3)c3ccc(-c4cccc(-c5ccccc5)c4-c4ccccc4-c4ccccc4)cc3)cc21. The van der Waals surface area contributed by atoms with E-state index in [0.717, 1.165) is 17.1 Å². The highest BCUT2D eigenvalue weighted by molar-refractivity contribution is 5.99. The second-order valence-electron chi connectivity index (χ2n) is 14.1. The summed E-state index contributed by atoms with van der Waals surface area (Å²) in [4.78, 5) is 2.38. The zero-order chi connectivity index (χ0) is 35.1. The van der Waals surface area contributed by atoms with Crippen LogP contribution in [0.25, 0.3) is 55.6 Å². The minimum atomic E-state index is -0.0790. The zero-order valence-corrected chi connectivity index (χ0v) is 29.5. The molecule has 52 heavy (non-hydrogen) atoms. The monoisotopic (exact) mass is 665 g/mol. The van der Waals surface area contributed by atoms with E-state index in [2.05, 4.69) is 219 Å². The first kappa shape index (κ1) is 31.5. The summed E-state index contributed by atoms with van der Waals surface area (Å²) in [7, 11) is 0. The molecule has 0 heterocycles. The number of anilines is 3. The van der Waals surface area contributed by atoms with Gasteiger partial charge in [0.05, 0.1) is 0 Å². The summed E-state index contributed by atoms with van der Waals surface area (Å²) in [6.07, 6.45) is 0. The van der Waals surface area contributed by atoms with Gasteiger partial charge in [-0.25, -0.2) is 0 Å². The van der Waals surface area contributed by atoms with Gasteiger partial charge in [0, 0.05) is 22.5 Å². The van der Waals surface area contributed by atoms with E-state index in [1.54, 1.807) is 0 Å². The fourth-order valence-corrected chi connectivity index (χ4v) is 8.16. The molecule has 0 saturated heterocycles. The predicted molar refractivity (Wildman–Crippen MR) is 220 cm³/mol. The first-order chi connectivity index (χ1) is 25.6. The average Bonchev–Trinajstić information content (AvgIpc) is 3.44. The van der Waals surface area contributed by atoms with Crippen molar-refractivity contribution in [2.75, 3.05) is 4.90 Å². The van der Waals surface area contributed by atoms with Gasteiger partial charge in [-0.05, 0) is 103 Å². The largest absolute Gasteiger partial charge is 0.310 e. The molecule has 0 unspecified atom stereocenters. The third-order valence-corrected chi connectivity index (χ3v) is 10.7. The van der Waals surface area contributed by atoms with Gasteiger partial charge in [0.15, 0.2) is 0 Å². The number of hydrogen-bond acceptors (Lipinski definition) is 1. The van der Waals surface area contributed by atoms with Crippen molar-refractivity contribution in [1.29, 1.82) is 0 Å². The zero-order valence-electron chi connectivity index (χ0n) is 29.5. The Morgan fingerprint density at radius 3 is 1.40 bits per heavy atom. The molecule has 1 aliphatic rings. The van der Waals surface area contributed by atoms with Crippen LogP contribution in [0.1, 0.15) is 25.0 Å². The van der Waals surface area contributed by atoms with Gasteiger partial charge in [-0.2, -0.15) is 0 Å². The average molecular weight is 666 g/mol. The van der Waals surface area contributed by atoms with E-state index < -0.39 is 0 Å². The van der Waals surface area contributed by atoms with Gasteiger partial charge in [-0.15, -0.1) is 0 Å². The molecule has 0 radical (unpaired) electrons. The van der Waals surface area contributed by atoms with Crippen molar-refractivity contribution in [3.8, 4) is 55.6 Å². The molecule has 9 rings (SSSR count). The molecule has 1 heteroatoms. The Labute approximate surface area is 307 Å². The lowest BCUT2D eigenvalue weighted by molar-refractivity contribution is 0.660. The van der Waals surface area contributed by atoms with Gasteiger partial charge in [0.1, 0.15) is 0 Å². The number of para-hydroxylation sites is 1. The first-order valence-electron chi connectivity index (χ1n) is 18.1. The second-order valence-corrected chi connectivity index (χ2v) is 14.1. The molecule has 0 bridgehead atoms. The number of benzene rings is 8. The maximum atomic E-state index is 2.40. The van der Waals surface area contributed by atoms with E-state index in [0.29, 0.717) is 0 Å². The number of rotatable bonds is 7. The summed E-state index contributed by atoms with van der Waals surface area (Å²) in [6.45, 7) is 4.69. The van der Waals surface area contributed by atoms with Crippen LogP contribution in [0, 0.1) is 0 Å². The Balaban J connectivity index is 1.18. The first-order valence-corrected chi connectivity index (χ1v) is 18.1. The Hall–Kier alpha value is -6.44. The molecule has 0 atom stereocenters. The van der Waals surface area contributed by atoms with E-state index in [4.69, 9.17) is 0 Å². The van der Waals surface area contributed by atoms with Gasteiger partial charge in [-0.3, -0.25) is 0 Å². The second kappa shape index (κ2) is 13.0. The Morgan fingerprint density at radius 1 is 0.308 bits per heavy atom. The van der Waals surface area contributed by atoms with Crippen molar-refractivity contribution in [2.24, 2.45) is 0 Å². The van der Waals surface area contributed by atoms with Gasteiger partial charge in [0.25, 0.3) is 0 Å². The van der Waals surface area contributed by atoms with Crippen molar-refractivity contribution in [3.05, 3.63) is 211 Å². The van der Waals surface area contributed by atoms with Crippen LogP contribution in [-0.4, -0.2) is 0 Å². The maximum Gasteiger partial charge on any atom is 0.0465 e. The highest BCUT2D eigenvalue weighted by atomic mass is 15.1. The molecular weight excluding hydrogens is 627 g/mol. The lowest BCUT2D eigenvalue weighted by atomic mass is 9.82. The quantitative estimate of drug-likeness (QED) is 0.164. The highest BCUT2D eigenvalue weighted by Crippen LogP contribution is 2.51. The van der Waals surface area contributed by atoms with Crippen molar-refractivity contribution in [1.82, 2.24) is 0 Å². The molecule has 0 N–H and O–H groups in total. The lowest BCUT2D eigenvalue weighted by Gasteiger charge is -2.28. The topological polar surface area (TPSA) is 3.24 Å². The highest BCUT2D eigenvalue weighted by Gasteiger charge is 2.35. The normalized spacial score (nSPS) is 12.6. The summed E-state index contributed by atoms with van der Waals surface area (Å²) in [6, 6.07) is 72.7. The van der Waals surface area contributed by atoms with Crippen molar-refractivity contribution >= 4 is 17.1 Å². The van der Waals surface area contributed by atoms with Crippen LogP contribution < -0.4 is 4.90 Å². The van der Waals surface area contributed by atoms with Crippen LogP contribution in [0.3, 0.4) is 0 Å². The van der Waals surface area contributed by atoms with Crippen molar-refractivity contribution < 1.29 is 0 Å². The smallest absolute Gasteiger partial charge is 0.0465 e. The lowest BCUT2D eigenvalue weighted by Crippen LogP contribution is -2.16. The summed E-state index contributed by atoms with van der Waals surface area (Å²) in [5.41, 5.74) is 18.5. The fraction of sp³-hybridized carbons (Fsp3) is 0.0588.